The Labute approximate surface area is 114 Å². The van der Waals surface area contributed by atoms with E-state index in [1.807, 2.05) is 0 Å². The number of rotatable bonds is 4. The summed E-state index contributed by atoms with van der Waals surface area (Å²) in [5.74, 6) is -0.436. The van der Waals surface area contributed by atoms with Gasteiger partial charge in [0.2, 0.25) is 11.6 Å². The second kappa shape index (κ2) is 5.47. The average molecular weight is 277 g/mol. The van der Waals surface area contributed by atoms with Gasteiger partial charge in [-0.1, -0.05) is 12.1 Å². The zero-order chi connectivity index (χ0) is 14.7. The molecule has 1 heterocycles. The van der Waals surface area contributed by atoms with Crippen LogP contribution >= 0.6 is 0 Å². The minimum absolute atomic E-state index is 0.0567. The summed E-state index contributed by atoms with van der Waals surface area (Å²) in [6.45, 7) is 0. The van der Waals surface area contributed by atoms with Crippen LogP contribution in [0, 0.1) is 15.9 Å². The molecule has 104 valence electrons. The summed E-state index contributed by atoms with van der Waals surface area (Å²) in [7, 11) is 3.25. The van der Waals surface area contributed by atoms with Gasteiger partial charge in [-0.3, -0.25) is 10.1 Å². The van der Waals surface area contributed by atoms with Crippen molar-refractivity contribution < 1.29 is 9.31 Å². The Morgan fingerprint density at radius 3 is 2.60 bits per heavy atom. The van der Waals surface area contributed by atoms with E-state index in [2.05, 4.69) is 15.3 Å². The normalized spacial score (nSPS) is 10.2. The van der Waals surface area contributed by atoms with Crippen LogP contribution in [0.1, 0.15) is 0 Å². The monoisotopic (exact) mass is 277 g/mol. The summed E-state index contributed by atoms with van der Waals surface area (Å²) >= 11 is 0. The molecule has 0 saturated heterocycles. The molecule has 0 saturated carbocycles. The molecule has 0 aliphatic rings. The predicted molar refractivity (Wildman–Crippen MR) is 72.7 cm³/mol. The minimum Gasteiger partial charge on any atom is -0.357 e. The number of hydrogen-bond donors (Lipinski definition) is 1. The van der Waals surface area contributed by atoms with Crippen molar-refractivity contribution >= 4 is 23.0 Å². The van der Waals surface area contributed by atoms with Crippen molar-refractivity contribution in [1.82, 2.24) is 9.97 Å². The summed E-state index contributed by atoms with van der Waals surface area (Å²) in [5, 5.41) is 13.8. The highest BCUT2D eigenvalue weighted by Gasteiger charge is 2.24. The van der Waals surface area contributed by atoms with Gasteiger partial charge in [-0.2, -0.15) is 0 Å². The maximum absolute atomic E-state index is 13.6. The predicted octanol–water partition coefficient (Wildman–Crippen LogP) is 2.33. The molecular formula is C12H12FN5O2. The highest BCUT2D eigenvalue weighted by Crippen LogP contribution is 2.32. The molecule has 2 aromatic rings. The molecule has 1 aromatic carbocycles. The summed E-state index contributed by atoms with van der Waals surface area (Å²) in [6, 6.07) is 5.87. The molecule has 7 nitrogen and oxygen atoms in total. The van der Waals surface area contributed by atoms with Gasteiger partial charge in [-0.25, -0.2) is 14.4 Å². The lowest BCUT2D eigenvalue weighted by Gasteiger charge is -2.13. The molecule has 0 atom stereocenters. The van der Waals surface area contributed by atoms with Crippen LogP contribution in [0.15, 0.2) is 30.6 Å². The topological polar surface area (TPSA) is 84.2 Å². The van der Waals surface area contributed by atoms with Crippen molar-refractivity contribution in [3.05, 3.63) is 46.5 Å². The van der Waals surface area contributed by atoms with E-state index in [1.54, 1.807) is 20.2 Å². The molecule has 20 heavy (non-hydrogen) atoms. The number of benzene rings is 1. The van der Waals surface area contributed by atoms with Crippen LogP contribution in [0.25, 0.3) is 0 Å². The number of nitro groups is 1. The van der Waals surface area contributed by atoms with E-state index < -0.39 is 10.7 Å². The van der Waals surface area contributed by atoms with E-state index in [4.69, 9.17) is 0 Å². The van der Waals surface area contributed by atoms with E-state index in [9.17, 15) is 14.5 Å². The van der Waals surface area contributed by atoms with Gasteiger partial charge in [0, 0.05) is 14.1 Å². The third-order valence-corrected chi connectivity index (χ3v) is 2.54. The molecule has 1 aromatic heterocycles. The molecule has 0 fully saturated rings. The molecule has 8 heteroatoms. The number of nitrogens with zero attached hydrogens (tertiary/aromatic N) is 4. The highest BCUT2D eigenvalue weighted by atomic mass is 19.1. The van der Waals surface area contributed by atoms with Gasteiger partial charge in [-0.05, 0) is 12.1 Å². The minimum atomic E-state index is -0.599. The Balaban J connectivity index is 2.49. The Bertz CT molecular complexity index is 647. The largest absolute Gasteiger partial charge is 0.357 e. The molecule has 1 N–H and O–H groups in total. The molecule has 0 unspecified atom stereocenters. The van der Waals surface area contributed by atoms with Crippen LogP contribution in [-0.2, 0) is 0 Å². The smallest absolute Gasteiger partial charge is 0.353 e. The Kier molecular flexibility index (Phi) is 3.74. The van der Waals surface area contributed by atoms with Gasteiger partial charge in [0.25, 0.3) is 0 Å². The van der Waals surface area contributed by atoms with Crippen LogP contribution < -0.4 is 10.2 Å². The van der Waals surface area contributed by atoms with Crippen molar-refractivity contribution in [2.75, 3.05) is 24.3 Å². The fourth-order valence-corrected chi connectivity index (χ4v) is 1.65. The first-order valence-electron chi connectivity index (χ1n) is 5.69. The van der Waals surface area contributed by atoms with Gasteiger partial charge in [0.05, 0.1) is 10.6 Å². The lowest BCUT2D eigenvalue weighted by Crippen LogP contribution is -2.14. The molecule has 0 bridgehead atoms. The van der Waals surface area contributed by atoms with E-state index in [1.165, 1.54) is 29.4 Å². The Morgan fingerprint density at radius 2 is 2.00 bits per heavy atom. The fourth-order valence-electron chi connectivity index (χ4n) is 1.65. The second-order valence-corrected chi connectivity index (χ2v) is 4.15. The van der Waals surface area contributed by atoms with Crippen molar-refractivity contribution in [3.8, 4) is 0 Å². The zero-order valence-electron chi connectivity index (χ0n) is 10.9. The van der Waals surface area contributed by atoms with Gasteiger partial charge < -0.3 is 10.2 Å². The third kappa shape index (κ3) is 2.63. The van der Waals surface area contributed by atoms with Crippen molar-refractivity contribution in [2.45, 2.75) is 0 Å². The standard InChI is InChI=1S/C12H12FN5O2/c1-17(2)12-10(18(19)20)11(14-7-15-12)16-9-6-4-3-5-8(9)13/h3-7H,1-2H3,(H,14,15,16). The highest BCUT2D eigenvalue weighted by molar-refractivity contribution is 5.74. The SMILES string of the molecule is CN(C)c1ncnc(Nc2ccccc2F)c1[N+](=O)[O-]. The molecule has 0 spiro atoms. The number of aromatic nitrogens is 2. The number of halogens is 1. The van der Waals surface area contributed by atoms with Crippen molar-refractivity contribution in [2.24, 2.45) is 0 Å². The first-order valence-corrected chi connectivity index (χ1v) is 5.69. The maximum atomic E-state index is 13.6. The van der Waals surface area contributed by atoms with Crippen molar-refractivity contribution in [1.29, 1.82) is 0 Å². The number of anilines is 3. The first-order chi connectivity index (χ1) is 9.50. The lowest BCUT2D eigenvalue weighted by atomic mass is 10.3. The molecular weight excluding hydrogens is 265 g/mol. The van der Waals surface area contributed by atoms with E-state index in [0.717, 1.165) is 0 Å². The summed E-state index contributed by atoms with van der Waals surface area (Å²) in [4.78, 5) is 19.8. The molecule has 0 amide bonds. The third-order valence-electron chi connectivity index (χ3n) is 2.54. The quantitative estimate of drug-likeness (QED) is 0.682. The van der Waals surface area contributed by atoms with Crippen LogP contribution in [0.5, 0.6) is 0 Å². The van der Waals surface area contributed by atoms with E-state index >= 15 is 0 Å². The van der Waals surface area contributed by atoms with Crippen LogP contribution in [0.2, 0.25) is 0 Å². The molecule has 2 rings (SSSR count). The summed E-state index contributed by atoms with van der Waals surface area (Å²) in [6.07, 6.45) is 1.19. The number of para-hydroxylation sites is 1. The zero-order valence-corrected chi connectivity index (χ0v) is 10.9. The van der Waals surface area contributed by atoms with Gasteiger partial charge >= 0.3 is 5.69 Å². The van der Waals surface area contributed by atoms with Gasteiger partial charge in [-0.15, -0.1) is 0 Å². The summed E-state index contributed by atoms with van der Waals surface area (Å²) < 4.78 is 13.6. The maximum Gasteiger partial charge on any atom is 0.353 e. The number of nitrogens with one attached hydrogen (secondary N) is 1. The van der Waals surface area contributed by atoms with Crippen LogP contribution in [0.3, 0.4) is 0 Å². The second-order valence-electron chi connectivity index (χ2n) is 4.15. The summed E-state index contributed by atoms with van der Waals surface area (Å²) in [5.41, 5.74) is -0.195. The van der Waals surface area contributed by atoms with Crippen LogP contribution in [0.4, 0.5) is 27.4 Å². The molecule has 0 radical (unpaired) electrons. The van der Waals surface area contributed by atoms with Crippen LogP contribution in [-0.4, -0.2) is 29.0 Å². The lowest BCUT2D eigenvalue weighted by molar-refractivity contribution is -0.383. The van der Waals surface area contributed by atoms with E-state index in [0.29, 0.717) is 0 Å². The van der Waals surface area contributed by atoms with Crippen molar-refractivity contribution in [3.63, 3.8) is 0 Å². The average Bonchev–Trinajstić information content (AvgIpc) is 2.40. The fraction of sp³-hybridized carbons (Fsp3) is 0.167. The first kappa shape index (κ1) is 13.7. The Hall–Kier alpha value is -2.77. The number of hydrogen-bond acceptors (Lipinski definition) is 6. The molecule has 0 aliphatic heterocycles. The Morgan fingerprint density at radius 1 is 1.30 bits per heavy atom. The molecule has 0 aliphatic carbocycles. The van der Waals surface area contributed by atoms with Gasteiger partial charge in [0.1, 0.15) is 12.1 Å². The van der Waals surface area contributed by atoms with Gasteiger partial charge in [0.15, 0.2) is 0 Å². The van der Waals surface area contributed by atoms with E-state index in [-0.39, 0.29) is 23.0 Å².